The quantitative estimate of drug-likeness (QED) is 0.668. The van der Waals surface area contributed by atoms with Crippen LogP contribution in [0.25, 0.3) is 0 Å². The molecule has 0 aromatic rings. The summed E-state index contributed by atoms with van der Waals surface area (Å²) in [5.41, 5.74) is 5.95. The second-order valence-electron chi connectivity index (χ2n) is 4.40. The van der Waals surface area contributed by atoms with Crippen LogP contribution in [-0.4, -0.2) is 31.7 Å². The predicted octanol–water partition coefficient (Wildman–Crippen LogP) is 1.05. The smallest absolute Gasteiger partial charge is 0.224 e. The average molecular weight is 228 g/mol. The molecule has 0 bridgehead atoms. The lowest BCUT2D eigenvalue weighted by Crippen LogP contribution is -2.44. The van der Waals surface area contributed by atoms with Crippen LogP contribution in [0.5, 0.6) is 0 Å². The maximum Gasteiger partial charge on any atom is 0.224 e. The van der Waals surface area contributed by atoms with Crippen LogP contribution in [0.15, 0.2) is 0 Å². The zero-order chi connectivity index (χ0) is 11.8. The topological polar surface area (TPSA) is 64.3 Å². The number of amides is 1. The number of hydrogen-bond acceptors (Lipinski definition) is 3. The molecule has 1 aliphatic rings. The molecule has 0 saturated heterocycles. The van der Waals surface area contributed by atoms with Gasteiger partial charge in [0, 0.05) is 25.8 Å². The van der Waals surface area contributed by atoms with Gasteiger partial charge in [-0.2, -0.15) is 0 Å². The van der Waals surface area contributed by atoms with Gasteiger partial charge in [0.1, 0.15) is 0 Å². The fourth-order valence-electron chi connectivity index (χ4n) is 2.15. The molecular weight excluding hydrogens is 204 g/mol. The van der Waals surface area contributed by atoms with Crippen molar-refractivity contribution in [2.24, 2.45) is 11.7 Å². The van der Waals surface area contributed by atoms with Crippen molar-refractivity contribution < 1.29 is 9.53 Å². The van der Waals surface area contributed by atoms with Crippen LogP contribution in [0.1, 0.15) is 39.0 Å². The van der Waals surface area contributed by atoms with Crippen LogP contribution < -0.4 is 11.1 Å². The van der Waals surface area contributed by atoms with E-state index in [-0.39, 0.29) is 17.9 Å². The van der Waals surface area contributed by atoms with E-state index in [2.05, 4.69) is 5.32 Å². The first-order valence-electron chi connectivity index (χ1n) is 6.36. The van der Waals surface area contributed by atoms with Gasteiger partial charge in [-0.15, -0.1) is 0 Å². The summed E-state index contributed by atoms with van der Waals surface area (Å²) in [6.07, 6.45) is 5.09. The zero-order valence-corrected chi connectivity index (χ0v) is 10.2. The highest BCUT2D eigenvalue weighted by Gasteiger charge is 2.27. The molecule has 2 unspecified atom stereocenters. The molecule has 0 aromatic carbocycles. The summed E-state index contributed by atoms with van der Waals surface area (Å²) in [6.45, 7) is 4.12. The number of carbonyl (C=O) groups is 1. The fraction of sp³-hybridized carbons (Fsp3) is 0.917. The Bertz CT molecular complexity index is 209. The Kier molecular flexibility index (Phi) is 6.42. The van der Waals surface area contributed by atoms with Crippen molar-refractivity contribution in [1.82, 2.24) is 5.32 Å². The normalized spacial score (nSPS) is 25.4. The maximum atomic E-state index is 11.8. The number of nitrogens with two attached hydrogens (primary N) is 1. The van der Waals surface area contributed by atoms with Gasteiger partial charge in [-0.3, -0.25) is 4.79 Å². The minimum Gasteiger partial charge on any atom is -0.382 e. The molecule has 16 heavy (non-hydrogen) atoms. The largest absolute Gasteiger partial charge is 0.382 e. The summed E-state index contributed by atoms with van der Waals surface area (Å²) in [4.78, 5) is 11.8. The minimum absolute atomic E-state index is 0.0286. The van der Waals surface area contributed by atoms with Crippen molar-refractivity contribution in [2.75, 3.05) is 19.8 Å². The van der Waals surface area contributed by atoms with E-state index in [0.29, 0.717) is 13.2 Å². The Morgan fingerprint density at radius 3 is 2.88 bits per heavy atom. The van der Waals surface area contributed by atoms with E-state index < -0.39 is 0 Å². The molecule has 1 aliphatic carbocycles. The highest BCUT2D eigenvalue weighted by Crippen LogP contribution is 2.22. The Hall–Kier alpha value is -0.610. The first-order chi connectivity index (χ1) is 7.75. The first-order valence-corrected chi connectivity index (χ1v) is 6.36. The number of nitrogens with one attached hydrogen (secondary N) is 1. The molecule has 0 aromatic heterocycles. The summed E-state index contributed by atoms with van der Waals surface area (Å²) < 4.78 is 5.21. The van der Waals surface area contributed by atoms with E-state index in [1.54, 1.807) is 0 Å². The summed E-state index contributed by atoms with van der Waals surface area (Å²) in [5, 5.41) is 2.94. The van der Waals surface area contributed by atoms with Crippen LogP contribution >= 0.6 is 0 Å². The zero-order valence-electron chi connectivity index (χ0n) is 10.2. The van der Waals surface area contributed by atoms with Gasteiger partial charge in [0.15, 0.2) is 0 Å². The van der Waals surface area contributed by atoms with Gasteiger partial charge in [-0.1, -0.05) is 12.8 Å². The van der Waals surface area contributed by atoms with Gasteiger partial charge in [-0.05, 0) is 26.2 Å². The molecule has 4 heteroatoms. The number of ether oxygens (including phenoxy) is 1. The Morgan fingerprint density at radius 1 is 1.44 bits per heavy atom. The van der Waals surface area contributed by atoms with E-state index in [1.165, 1.54) is 0 Å². The molecular formula is C12H24N2O2. The minimum atomic E-state index is 0.0286. The molecule has 0 aliphatic heterocycles. The van der Waals surface area contributed by atoms with Crippen LogP contribution in [0, 0.1) is 5.92 Å². The monoisotopic (exact) mass is 228 g/mol. The van der Waals surface area contributed by atoms with Gasteiger partial charge in [0.25, 0.3) is 0 Å². The van der Waals surface area contributed by atoms with Crippen molar-refractivity contribution >= 4 is 5.91 Å². The molecule has 1 fully saturated rings. The van der Waals surface area contributed by atoms with Crippen LogP contribution in [0.4, 0.5) is 0 Å². The molecule has 2 atom stereocenters. The molecule has 4 nitrogen and oxygen atoms in total. The van der Waals surface area contributed by atoms with Crippen molar-refractivity contribution in [2.45, 2.75) is 45.1 Å². The maximum absolute atomic E-state index is 11.8. The number of hydrogen-bond donors (Lipinski definition) is 2. The predicted molar refractivity (Wildman–Crippen MR) is 64.1 cm³/mol. The Morgan fingerprint density at radius 2 is 2.19 bits per heavy atom. The summed E-state index contributed by atoms with van der Waals surface area (Å²) in [7, 11) is 0. The molecule has 1 saturated carbocycles. The van der Waals surface area contributed by atoms with Gasteiger partial charge in [0.2, 0.25) is 5.91 Å². The standard InChI is InChI=1S/C12H24N2O2/c1-2-16-9-5-8-14-12(15)10-6-3-4-7-11(10)13/h10-11H,2-9,13H2,1H3,(H,14,15). The van der Waals surface area contributed by atoms with E-state index in [0.717, 1.165) is 38.7 Å². The second kappa shape index (κ2) is 7.63. The van der Waals surface area contributed by atoms with Gasteiger partial charge < -0.3 is 15.8 Å². The average Bonchev–Trinajstić information content (AvgIpc) is 2.29. The SMILES string of the molecule is CCOCCCNC(=O)C1CCCCC1N. The molecule has 0 radical (unpaired) electrons. The third-order valence-electron chi connectivity index (χ3n) is 3.12. The first kappa shape index (κ1) is 13.5. The van der Waals surface area contributed by atoms with Crippen LogP contribution in [0.2, 0.25) is 0 Å². The van der Waals surface area contributed by atoms with Gasteiger partial charge in [0.05, 0.1) is 5.92 Å². The van der Waals surface area contributed by atoms with Crippen LogP contribution in [0.3, 0.4) is 0 Å². The van der Waals surface area contributed by atoms with Gasteiger partial charge in [-0.25, -0.2) is 0 Å². The lowest BCUT2D eigenvalue weighted by molar-refractivity contribution is -0.126. The van der Waals surface area contributed by atoms with Gasteiger partial charge >= 0.3 is 0 Å². The second-order valence-corrected chi connectivity index (χ2v) is 4.40. The van der Waals surface area contributed by atoms with Crippen molar-refractivity contribution in [1.29, 1.82) is 0 Å². The molecule has 1 rings (SSSR count). The number of rotatable bonds is 6. The van der Waals surface area contributed by atoms with E-state index >= 15 is 0 Å². The van der Waals surface area contributed by atoms with Crippen LogP contribution in [-0.2, 0) is 9.53 Å². The molecule has 0 heterocycles. The lowest BCUT2D eigenvalue weighted by atomic mass is 9.84. The summed E-state index contributed by atoms with van der Waals surface area (Å²) >= 11 is 0. The lowest BCUT2D eigenvalue weighted by Gasteiger charge is -2.27. The molecule has 94 valence electrons. The summed E-state index contributed by atoms with van der Waals surface area (Å²) in [6, 6.07) is 0.0561. The third kappa shape index (κ3) is 4.49. The van der Waals surface area contributed by atoms with Crippen molar-refractivity contribution in [3.63, 3.8) is 0 Å². The fourth-order valence-corrected chi connectivity index (χ4v) is 2.15. The number of carbonyl (C=O) groups excluding carboxylic acids is 1. The summed E-state index contributed by atoms with van der Waals surface area (Å²) in [5.74, 6) is 0.157. The van der Waals surface area contributed by atoms with E-state index in [1.807, 2.05) is 6.92 Å². The molecule has 3 N–H and O–H groups in total. The highest BCUT2D eigenvalue weighted by atomic mass is 16.5. The van der Waals surface area contributed by atoms with E-state index in [4.69, 9.17) is 10.5 Å². The van der Waals surface area contributed by atoms with E-state index in [9.17, 15) is 4.79 Å². The molecule has 1 amide bonds. The Labute approximate surface area is 97.9 Å². The van der Waals surface area contributed by atoms with Crippen molar-refractivity contribution in [3.8, 4) is 0 Å². The van der Waals surface area contributed by atoms with Crippen molar-refractivity contribution in [3.05, 3.63) is 0 Å². The third-order valence-corrected chi connectivity index (χ3v) is 3.12. The Balaban J connectivity index is 2.13. The highest BCUT2D eigenvalue weighted by molar-refractivity contribution is 5.79. The molecule has 0 spiro atoms.